The van der Waals surface area contributed by atoms with Crippen LogP contribution in [0.5, 0.6) is 0 Å². The molecule has 0 atom stereocenters. The Balaban J connectivity index is 0. The first-order valence-electron chi connectivity index (χ1n) is 6.90. The van der Waals surface area contributed by atoms with E-state index in [0.717, 1.165) is 10.1 Å². The van der Waals surface area contributed by atoms with Crippen LogP contribution in [0, 0.1) is 0 Å². The molecule has 25 heavy (non-hydrogen) atoms. The smallest absolute Gasteiger partial charge is 0.412 e. The third-order valence-corrected chi connectivity index (χ3v) is 3.88. The van der Waals surface area contributed by atoms with Crippen LogP contribution < -0.4 is 9.30 Å². The number of carbonyl (C=O) groups excluding carboxylic acids is 2. The number of hydrogen-bond acceptors (Lipinski definition) is 3. The second-order valence-corrected chi connectivity index (χ2v) is 5.92. The quantitative estimate of drug-likeness (QED) is 0.495. The Bertz CT molecular complexity index is 690. The van der Waals surface area contributed by atoms with Crippen LogP contribution in [0.1, 0.15) is 27.6 Å². The first-order chi connectivity index (χ1) is 10.5. The van der Waals surface area contributed by atoms with Gasteiger partial charge in [-0.15, -0.1) is 0 Å². The van der Waals surface area contributed by atoms with Crippen molar-refractivity contribution in [1.82, 2.24) is 0 Å². The van der Waals surface area contributed by atoms with Crippen molar-refractivity contribution in [2.75, 3.05) is 18.6 Å². The molecule has 2 aromatic rings. The fraction of sp³-hybridized carbons (Fsp3) is 0.176. The van der Waals surface area contributed by atoms with E-state index in [2.05, 4.69) is 0 Å². The second kappa shape index (κ2) is 11.4. The molecule has 0 unspecified atom stereocenters. The first kappa shape index (κ1) is 25.0. The van der Waals surface area contributed by atoms with Crippen LogP contribution >= 0.6 is 0 Å². The number of anilines is 1. The van der Waals surface area contributed by atoms with Gasteiger partial charge >= 0.3 is 131 Å². The van der Waals surface area contributed by atoms with E-state index in [0.29, 0.717) is 17.7 Å². The average Bonchev–Trinajstić information content (AvgIpc) is 2.54. The summed E-state index contributed by atoms with van der Waals surface area (Å²) in [5, 5.41) is 0. The summed E-state index contributed by atoms with van der Waals surface area (Å²) in [6.07, 6.45) is 0. The Morgan fingerprint density at radius 2 is 1.56 bits per heavy atom. The van der Waals surface area contributed by atoms with Gasteiger partial charge in [-0.3, -0.25) is 0 Å². The third-order valence-electron chi connectivity index (χ3n) is 3.18. The van der Waals surface area contributed by atoms with E-state index in [-0.39, 0.29) is 22.3 Å². The van der Waals surface area contributed by atoms with E-state index in [1.165, 1.54) is 0 Å². The molecule has 0 bridgehead atoms. The molecule has 3 radical (unpaired) electrons. The van der Waals surface area contributed by atoms with Crippen LogP contribution in [-0.4, -0.2) is 58.5 Å². The summed E-state index contributed by atoms with van der Waals surface area (Å²) < 4.78 is 6.09. The van der Waals surface area contributed by atoms with Gasteiger partial charge in [-0.2, -0.15) is 0 Å². The summed E-state index contributed by atoms with van der Waals surface area (Å²) in [5.74, 6) is -0.592. The van der Waals surface area contributed by atoms with Crippen LogP contribution in [0.25, 0.3) is 0 Å². The Morgan fingerprint density at radius 1 is 1.00 bits per heavy atom. The van der Waals surface area contributed by atoms with Crippen molar-refractivity contribution < 1.29 is 30.8 Å². The van der Waals surface area contributed by atoms with E-state index >= 15 is 0 Å². The van der Waals surface area contributed by atoms with Gasteiger partial charge in [-0.1, -0.05) is 0 Å². The molecular formula is C17H22GeNO6. The van der Waals surface area contributed by atoms with Crippen LogP contribution in [0.4, 0.5) is 5.69 Å². The number of esters is 1. The SMILES string of the molecule is CCOC(=O)c1cccc(C(=O)N(C)c2cc[c]([Ge])cc2)c1.O.O.O. The normalized spacial score (nSPS) is 8.92. The summed E-state index contributed by atoms with van der Waals surface area (Å²) in [7, 11) is 1.71. The molecule has 2 aromatic carbocycles. The van der Waals surface area contributed by atoms with Crippen molar-refractivity contribution in [3.8, 4) is 0 Å². The first-order valence-corrected chi connectivity index (χ1v) is 7.94. The molecule has 0 aliphatic carbocycles. The van der Waals surface area contributed by atoms with E-state index in [1.54, 1.807) is 43.1 Å². The number of amides is 1. The number of benzene rings is 2. The van der Waals surface area contributed by atoms with Crippen LogP contribution in [0.15, 0.2) is 48.5 Å². The van der Waals surface area contributed by atoms with Crippen molar-refractivity contribution in [3.05, 3.63) is 59.7 Å². The van der Waals surface area contributed by atoms with Crippen LogP contribution in [0.3, 0.4) is 0 Å². The van der Waals surface area contributed by atoms with Crippen molar-refractivity contribution in [2.45, 2.75) is 6.92 Å². The maximum absolute atomic E-state index is 12.5. The zero-order valence-electron chi connectivity index (χ0n) is 14.0. The molecule has 6 N–H and O–H groups in total. The molecule has 0 aliphatic rings. The maximum atomic E-state index is 12.5. The molecular weight excluding hydrogens is 387 g/mol. The minimum atomic E-state index is -0.421. The predicted octanol–water partition coefficient (Wildman–Crippen LogP) is -0.540. The van der Waals surface area contributed by atoms with Crippen LogP contribution in [0.2, 0.25) is 0 Å². The number of hydrogen-bond donors (Lipinski definition) is 0. The summed E-state index contributed by atoms with van der Waals surface area (Å²) in [6.45, 7) is 2.05. The van der Waals surface area contributed by atoms with E-state index in [9.17, 15) is 9.59 Å². The Kier molecular flexibility index (Phi) is 11.4. The number of carbonyl (C=O) groups is 2. The van der Waals surface area contributed by atoms with Gasteiger partial charge in [0, 0.05) is 0 Å². The maximum Gasteiger partial charge on any atom is -0.412 e. The fourth-order valence-corrected chi connectivity index (χ4v) is 2.34. The summed E-state index contributed by atoms with van der Waals surface area (Å²) in [4.78, 5) is 25.8. The van der Waals surface area contributed by atoms with E-state index in [4.69, 9.17) is 4.74 Å². The minimum Gasteiger partial charge on any atom is -0.412 e. The number of nitrogens with zero attached hydrogens (tertiary/aromatic N) is 1. The zero-order valence-corrected chi connectivity index (χ0v) is 16.1. The van der Waals surface area contributed by atoms with Gasteiger partial charge in [0.05, 0.1) is 0 Å². The molecule has 0 aromatic heterocycles. The van der Waals surface area contributed by atoms with Gasteiger partial charge < -0.3 is 16.4 Å². The Labute approximate surface area is 154 Å². The molecule has 2 rings (SSSR count). The van der Waals surface area contributed by atoms with Crippen molar-refractivity contribution >= 4 is 38.5 Å². The average molecular weight is 409 g/mol. The zero-order chi connectivity index (χ0) is 16.1. The van der Waals surface area contributed by atoms with Crippen molar-refractivity contribution in [3.63, 3.8) is 0 Å². The summed E-state index contributed by atoms with van der Waals surface area (Å²) in [5.41, 5.74) is 1.63. The minimum absolute atomic E-state index is 0. The number of ether oxygens (including phenoxy) is 1. The second-order valence-electron chi connectivity index (χ2n) is 4.71. The van der Waals surface area contributed by atoms with Crippen LogP contribution in [-0.2, 0) is 4.74 Å². The van der Waals surface area contributed by atoms with Gasteiger partial charge in [0.25, 0.3) is 0 Å². The molecule has 0 fully saturated rings. The third kappa shape index (κ3) is 6.31. The van der Waals surface area contributed by atoms with Gasteiger partial charge in [-0.25, -0.2) is 0 Å². The molecule has 0 aliphatic heterocycles. The predicted molar refractivity (Wildman–Crippen MR) is 97.8 cm³/mol. The Hall–Kier alpha value is -2.20. The standard InChI is InChI=1S/C17H16GeNO3.3H2O/c1-3-22-17(21)13-6-4-5-12(11-13)16(20)19(2)15-9-7-14(18)8-10-15;;;/h4-11H,3H2,1-2H3;3*1H2. The number of rotatable bonds is 4. The molecule has 8 heteroatoms. The largest absolute Gasteiger partial charge is 0.412 e. The van der Waals surface area contributed by atoms with Gasteiger partial charge in [-0.05, 0) is 6.92 Å². The molecule has 0 saturated carbocycles. The molecule has 1 amide bonds. The van der Waals surface area contributed by atoms with E-state index in [1.807, 2.05) is 40.8 Å². The van der Waals surface area contributed by atoms with Crippen molar-refractivity contribution in [2.24, 2.45) is 0 Å². The molecule has 135 valence electrons. The fourth-order valence-electron chi connectivity index (χ4n) is 1.99. The van der Waals surface area contributed by atoms with Gasteiger partial charge in [0.1, 0.15) is 0 Å². The molecule has 7 nitrogen and oxygen atoms in total. The molecule has 0 saturated heterocycles. The topological polar surface area (TPSA) is 141 Å². The van der Waals surface area contributed by atoms with Gasteiger partial charge in [0.2, 0.25) is 0 Å². The van der Waals surface area contributed by atoms with E-state index < -0.39 is 5.97 Å². The molecule has 0 spiro atoms. The summed E-state index contributed by atoms with van der Waals surface area (Å²) >= 11 is 1.99. The van der Waals surface area contributed by atoms with Crippen molar-refractivity contribution in [1.29, 1.82) is 0 Å². The van der Waals surface area contributed by atoms with Gasteiger partial charge in [0.15, 0.2) is 0 Å². The Morgan fingerprint density at radius 3 is 2.12 bits per heavy atom. The summed E-state index contributed by atoms with van der Waals surface area (Å²) in [6, 6.07) is 14.3. The molecule has 0 heterocycles. The monoisotopic (exact) mass is 410 g/mol.